The van der Waals surface area contributed by atoms with Crippen LogP contribution in [0.2, 0.25) is 0 Å². The summed E-state index contributed by atoms with van der Waals surface area (Å²) >= 11 is 0. The number of anilines is 2. The number of ether oxygens (including phenoxy) is 1. The lowest BCUT2D eigenvalue weighted by Crippen LogP contribution is -2.28. The Hall–Kier alpha value is -7.22. The number of nitrogens with one attached hydrogen (secondary N) is 2. The normalized spacial score (nSPS) is 16.2. The van der Waals surface area contributed by atoms with E-state index in [1.165, 1.54) is 53.4 Å². The van der Waals surface area contributed by atoms with Gasteiger partial charge in [-0.25, -0.2) is 0 Å². The molecule has 3 aliphatic rings. The molecule has 20 nitrogen and oxygen atoms in total. The summed E-state index contributed by atoms with van der Waals surface area (Å²) in [5.74, 6) is 0.869. The minimum atomic E-state index is -4.50. The summed E-state index contributed by atoms with van der Waals surface area (Å²) in [4.78, 5) is 27.4. The van der Waals surface area contributed by atoms with E-state index in [0.29, 0.717) is 68.7 Å². The van der Waals surface area contributed by atoms with Crippen molar-refractivity contribution in [1.82, 2.24) is 0 Å². The van der Waals surface area contributed by atoms with E-state index in [2.05, 4.69) is 78.1 Å². The van der Waals surface area contributed by atoms with E-state index in [0.717, 1.165) is 65.9 Å². The van der Waals surface area contributed by atoms with Gasteiger partial charge in [-0.1, -0.05) is 70.0 Å². The molecule has 0 saturated carbocycles. The van der Waals surface area contributed by atoms with Gasteiger partial charge in [0.15, 0.2) is 5.71 Å². The summed E-state index contributed by atoms with van der Waals surface area (Å²) < 4.78 is 128. The van der Waals surface area contributed by atoms with Crippen LogP contribution in [-0.2, 0) is 68.3 Å². The van der Waals surface area contributed by atoms with Crippen molar-refractivity contribution in [3.8, 4) is 5.75 Å². The third kappa shape index (κ3) is 18.4. The van der Waals surface area contributed by atoms with E-state index in [4.69, 9.17) is 41.1 Å². The largest absolute Gasteiger partial charge is 0.457 e. The molecule has 24 heteroatoms. The zero-order chi connectivity index (χ0) is 60.6. The van der Waals surface area contributed by atoms with Crippen molar-refractivity contribution < 1.29 is 70.1 Å². The van der Waals surface area contributed by atoms with E-state index >= 15 is 0 Å². The van der Waals surface area contributed by atoms with Crippen LogP contribution in [0.25, 0.3) is 0 Å². The van der Waals surface area contributed by atoms with Crippen LogP contribution in [0.3, 0.4) is 0 Å². The van der Waals surface area contributed by atoms with Crippen LogP contribution < -0.4 is 20.7 Å². The van der Waals surface area contributed by atoms with Gasteiger partial charge in [-0.05, 0) is 141 Å². The number of benzene rings is 4. The minimum Gasteiger partial charge on any atom is -0.457 e. The first-order chi connectivity index (χ1) is 38.5. The molecule has 0 atom stereocenters. The topological polar surface area (TPSA) is 323 Å². The number of ketones is 1. The Labute approximate surface area is 482 Å². The van der Waals surface area contributed by atoms with E-state index < -0.39 is 46.9 Å². The average Bonchev–Trinajstić information content (AvgIpc) is 4.00. The third-order valence-electron chi connectivity index (χ3n) is 14.3. The first kappa shape index (κ1) is 65.6. The lowest BCUT2D eigenvalue weighted by molar-refractivity contribution is -0.438. The van der Waals surface area contributed by atoms with Crippen LogP contribution in [0.15, 0.2) is 148 Å². The lowest BCUT2D eigenvalue weighted by Gasteiger charge is -2.27. The van der Waals surface area contributed by atoms with Gasteiger partial charge < -0.3 is 20.7 Å². The van der Waals surface area contributed by atoms with E-state index in [1.807, 2.05) is 38.1 Å². The van der Waals surface area contributed by atoms with Gasteiger partial charge in [-0.15, -0.1) is 25.3 Å². The SMILES string of the molecule is CCCC[N+]1=C(/C=C/C2=C(Oc3ccc(S(=O)(=O)O)cc3)C(=C/C=C3/N(CCCCCC(=O)CCC(=O)Nc4cccc(CCC(=N)N)c4)c4ccc(S(=O)(=O)O)cc4C3(C)C)/CCC2)C(C)(C)c2ccccc21.O=S(=O)=O.O=S(=O)=O. The Balaban J connectivity index is 0.00000144. The molecule has 82 heavy (non-hydrogen) atoms. The molecule has 2 aliphatic heterocycles. The zero-order valence-electron chi connectivity index (χ0n) is 46.4. The first-order valence-electron chi connectivity index (χ1n) is 26.5. The summed E-state index contributed by atoms with van der Waals surface area (Å²) in [7, 11) is -15.2. The summed E-state index contributed by atoms with van der Waals surface area (Å²) in [6, 6.07) is 26.2. The molecular formula is C58H70N5O15S4+. The van der Waals surface area contributed by atoms with Crippen molar-refractivity contribution in [2.45, 2.75) is 139 Å². The lowest BCUT2D eigenvalue weighted by atomic mass is 9.81. The summed E-state index contributed by atoms with van der Waals surface area (Å²) in [5.41, 5.74) is 14.0. The Morgan fingerprint density at radius 2 is 1.40 bits per heavy atom. The molecule has 0 fully saturated rings. The second-order valence-corrected chi connectivity index (χ2v) is 24.5. The van der Waals surface area contributed by atoms with Gasteiger partial charge in [0.1, 0.15) is 23.8 Å². The number of fused-ring (bicyclic) bond motifs is 2. The predicted molar refractivity (Wildman–Crippen MR) is 311 cm³/mol. The molecule has 4 aromatic carbocycles. The molecule has 1 aliphatic carbocycles. The fourth-order valence-electron chi connectivity index (χ4n) is 10.2. The van der Waals surface area contributed by atoms with Crippen LogP contribution in [0.4, 0.5) is 17.1 Å². The van der Waals surface area contributed by atoms with Gasteiger partial charge in [0.25, 0.3) is 20.2 Å². The number of hydrogen-bond acceptors (Lipinski definition) is 15. The Bertz CT molecular complexity index is 3640. The number of allylic oxidation sites excluding steroid dienone is 7. The zero-order valence-corrected chi connectivity index (χ0v) is 49.6. The highest BCUT2D eigenvalue weighted by Crippen LogP contribution is 2.49. The smallest absolute Gasteiger partial charge is 0.425 e. The molecule has 0 aromatic heterocycles. The minimum absolute atomic E-state index is 0.000397. The number of carbonyl (C=O) groups is 2. The van der Waals surface area contributed by atoms with Crippen LogP contribution in [0.1, 0.15) is 128 Å². The van der Waals surface area contributed by atoms with Gasteiger partial charge in [0.05, 0.1) is 21.0 Å². The third-order valence-corrected chi connectivity index (χ3v) is 16.0. The number of Topliss-reactive ketones (excluding diaryl/α,β-unsaturated/α-hetero) is 1. The number of amidine groups is 1. The van der Waals surface area contributed by atoms with Crippen LogP contribution >= 0.6 is 0 Å². The maximum absolute atomic E-state index is 13.0. The number of nitrogens with two attached hydrogens (primary N) is 1. The van der Waals surface area contributed by atoms with Gasteiger partial charge in [0.2, 0.25) is 11.6 Å². The maximum atomic E-state index is 13.0. The van der Waals surface area contributed by atoms with Gasteiger partial charge in [-0.2, -0.15) is 21.4 Å². The van der Waals surface area contributed by atoms with Crippen molar-refractivity contribution in [2.24, 2.45) is 5.73 Å². The number of nitrogens with zero attached hydrogens (tertiary/aromatic N) is 2. The number of para-hydroxylation sites is 1. The molecular weight excluding hydrogens is 1130 g/mol. The maximum Gasteiger partial charge on any atom is 0.425 e. The molecule has 0 radical (unpaired) electrons. The summed E-state index contributed by atoms with van der Waals surface area (Å²) in [6.07, 6.45) is 16.3. The van der Waals surface area contributed by atoms with Crippen molar-refractivity contribution in [3.63, 3.8) is 0 Å². The Kier molecular flexibility index (Phi) is 23.3. The average molecular weight is 1210 g/mol. The highest BCUT2D eigenvalue weighted by Gasteiger charge is 2.44. The molecule has 0 spiro atoms. The number of unbranched alkanes of at least 4 members (excludes halogenated alkanes) is 3. The number of amides is 1. The van der Waals surface area contributed by atoms with E-state index in [1.54, 1.807) is 12.1 Å². The number of rotatable bonds is 23. The summed E-state index contributed by atoms with van der Waals surface area (Å²) in [6.45, 7) is 12.1. The van der Waals surface area contributed by atoms with Crippen molar-refractivity contribution in [1.29, 1.82) is 5.41 Å². The first-order valence-corrected chi connectivity index (χ1v) is 31.4. The molecule has 0 unspecified atom stereocenters. The molecule has 4 aromatic rings. The number of aryl methyl sites for hydroxylation is 1. The molecule has 6 N–H and O–H groups in total. The van der Waals surface area contributed by atoms with Crippen molar-refractivity contribution >= 4 is 81.8 Å². The molecule has 1 amide bonds. The standard InChI is InChI=1S/C58H69N5O9S2.2O3S/c1-6-7-36-62-50-21-11-10-20-48(50)57(2,3)52(62)32-23-41-16-14-17-42(56(41)72-45-26-28-46(29-27-45)73(66,67)68)24-33-53-58(4,5)49-39-47(74(69,70)71)30-31-51(49)63(53)37-12-8-9-19-44(64)25-35-55(65)61-43-18-13-15-40(38-43)22-34-54(59)60;2*1-4(2)3/h10-11,13,15,18,20-21,23-24,26-33,38-39H,6-9,12,14,16-17,19,22,25,34-37H2,1-5H3,(H5-,59,60,61,65,66,67,68,69,70,71);;/p+1. The second kappa shape index (κ2) is 29.2. The molecule has 0 saturated heterocycles. The van der Waals surface area contributed by atoms with E-state index in [-0.39, 0.29) is 45.6 Å². The van der Waals surface area contributed by atoms with Crippen molar-refractivity contribution in [2.75, 3.05) is 23.3 Å². The van der Waals surface area contributed by atoms with Gasteiger partial charge >= 0.3 is 21.2 Å². The van der Waals surface area contributed by atoms with Crippen LogP contribution in [0.5, 0.6) is 5.75 Å². The highest BCUT2D eigenvalue weighted by atomic mass is 32.2. The van der Waals surface area contributed by atoms with Gasteiger partial charge in [0, 0.05) is 78.8 Å². The summed E-state index contributed by atoms with van der Waals surface area (Å²) in [5, 5.41) is 10.3. The number of carbonyl (C=O) groups excluding carboxylic acids is 2. The predicted octanol–water partition coefficient (Wildman–Crippen LogP) is 9.45. The second-order valence-electron chi connectivity index (χ2n) is 20.8. The fraction of sp³-hybridized carbons (Fsp3) is 0.379. The van der Waals surface area contributed by atoms with Crippen LogP contribution in [0, 0.1) is 5.41 Å². The quantitative estimate of drug-likeness (QED) is 0.0152. The number of hydrogen-bond donors (Lipinski definition) is 5. The fourth-order valence-corrected chi connectivity index (χ4v) is 11.2. The molecule has 7 rings (SSSR count). The molecule has 440 valence electrons. The monoisotopic (exact) mass is 1200 g/mol. The van der Waals surface area contributed by atoms with Crippen LogP contribution in [-0.4, -0.2) is 92.1 Å². The van der Waals surface area contributed by atoms with Crippen molar-refractivity contribution in [3.05, 3.63) is 155 Å². The molecule has 2 heterocycles. The van der Waals surface area contributed by atoms with E-state index in [9.17, 15) is 35.5 Å². The Morgan fingerprint density at radius 3 is 2.05 bits per heavy atom. The Morgan fingerprint density at radius 1 is 0.744 bits per heavy atom. The highest BCUT2D eigenvalue weighted by molar-refractivity contribution is 7.86. The molecule has 0 bridgehead atoms. The van der Waals surface area contributed by atoms with Gasteiger partial charge in [-0.3, -0.25) is 24.1 Å².